The third-order valence-corrected chi connectivity index (χ3v) is 4.31. The quantitative estimate of drug-likeness (QED) is 0.791. The number of likely N-dealkylation sites (N-methyl/N-ethyl adjacent to an activating group) is 1. The fourth-order valence-corrected chi connectivity index (χ4v) is 3.19. The van der Waals surface area contributed by atoms with E-state index in [-0.39, 0.29) is 6.03 Å². The number of amides is 2. The molecule has 2 amide bonds. The third kappa shape index (κ3) is 6.97. The minimum Gasteiger partial charge on any atom is -0.389 e. The Balaban J connectivity index is 2.51. The lowest BCUT2D eigenvalue weighted by atomic mass is 10.0. The van der Waals surface area contributed by atoms with Crippen molar-refractivity contribution in [2.24, 2.45) is 5.92 Å². The molecule has 1 unspecified atom stereocenters. The summed E-state index contributed by atoms with van der Waals surface area (Å²) in [5.41, 5.74) is -0.867. The number of aliphatic hydroxyl groups is 1. The molecule has 1 rings (SSSR count). The van der Waals surface area contributed by atoms with Gasteiger partial charge in [0.25, 0.3) is 0 Å². The van der Waals surface area contributed by atoms with Gasteiger partial charge in [0.05, 0.1) is 12.1 Å². The van der Waals surface area contributed by atoms with E-state index in [1.807, 2.05) is 0 Å². The van der Waals surface area contributed by atoms with Crippen LogP contribution in [0, 0.1) is 5.92 Å². The standard InChI is InChI=1S/C17H35N3O2/c1-14(2)15(20-10-8-6-7-9-11-20)12-18-16(21)19(5)13-17(3,4)22/h14-15,22H,6-13H2,1-5H3,(H,18,21). The molecule has 1 atom stereocenters. The van der Waals surface area contributed by atoms with Gasteiger partial charge in [-0.3, -0.25) is 4.90 Å². The van der Waals surface area contributed by atoms with Crippen LogP contribution in [-0.4, -0.2) is 65.8 Å². The number of urea groups is 1. The van der Waals surface area contributed by atoms with Crippen LogP contribution in [0.4, 0.5) is 4.79 Å². The summed E-state index contributed by atoms with van der Waals surface area (Å²) in [5.74, 6) is 0.512. The Morgan fingerprint density at radius 3 is 2.23 bits per heavy atom. The highest BCUT2D eigenvalue weighted by atomic mass is 16.3. The molecular formula is C17H35N3O2. The van der Waals surface area contributed by atoms with E-state index >= 15 is 0 Å². The van der Waals surface area contributed by atoms with Gasteiger partial charge in [-0.2, -0.15) is 0 Å². The average molecular weight is 313 g/mol. The summed E-state index contributed by atoms with van der Waals surface area (Å²) in [6.45, 7) is 11.2. The van der Waals surface area contributed by atoms with Gasteiger partial charge in [-0.15, -0.1) is 0 Å². The largest absolute Gasteiger partial charge is 0.389 e. The van der Waals surface area contributed by atoms with Crippen molar-refractivity contribution in [2.75, 3.05) is 33.2 Å². The van der Waals surface area contributed by atoms with Gasteiger partial charge in [0.15, 0.2) is 0 Å². The Kier molecular flexibility index (Phi) is 7.63. The molecule has 0 aromatic heterocycles. The minimum atomic E-state index is -0.867. The van der Waals surface area contributed by atoms with Gasteiger partial charge >= 0.3 is 6.03 Å². The Bertz CT molecular complexity index is 331. The Morgan fingerprint density at radius 1 is 1.23 bits per heavy atom. The first kappa shape index (κ1) is 19.2. The summed E-state index contributed by atoms with van der Waals surface area (Å²) in [6.07, 6.45) is 5.16. The van der Waals surface area contributed by atoms with Gasteiger partial charge in [0, 0.05) is 19.6 Å². The van der Waals surface area contributed by atoms with Gasteiger partial charge in [0.1, 0.15) is 0 Å². The Morgan fingerprint density at radius 2 is 1.77 bits per heavy atom. The van der Waals surface area contributed by atoms with E-state index in [1.165, 1.54) is 25.7 Å². The van der Waals surface area contributed by atoms with Crippen LogP contribution in [0.2, 0.25) is 0 Å². The molecule has 1 aliphatic rings. The van der Waals surface area contributed by atoms with Gasteiger partial charge in [-0.05, 0) is 45.7 Å². The van der Waals surface area contributed by atoms with Gasteiger partial charge in [0.2, 0.25) is 0 Å². The smallest absolute Gasteiger partial charge is 0.317 e. The van der Waals surface area contributed by atoms with Crippen molar-refractivity contribution in [2.45, 2.75) is 65.0 Å². The van der Waals surface area contributed by atoms with Crippen molar-refractivity contribution in [3.8, 4) is 0 Å². The molecule has 5 heteroatoms. The molecule has 1 aliphatic heterocycles. The molecule has 1 heterocycles. The fourth-order valence-electron chi connectivity index (χ4n) is 3.19. The number of rotatable bonds is 6. The molecule has 0 bridgehead atoms. The van der Waals surface area contributed by atoms with Crippen LogP contribution in [0.25, 0.3) is 0 Å². The summed E-state index contributed by atoms with van der Waals surface area (Å²) in [4.78, 5) is 16.3. The zero-order valence-electron chi connectivity index (χ0n) is 15.1. The molecule has 5 nitrogen and oxygen atoms in total. The normalized spacial score (nSPS) is 18.9. The molecule has 0 radical (unpaired) electrons. The molecule has 2 N–H and O–H groups in total. The van der Waals surface area contributed by atoms with Crippen molar-refractivity contribution < 1.29 is 9.90 Å². The lowest BCUT2D eigenvalue weighted by Gasteiger charge is -2.34. The zero-order chi connectivity index (χ0) is 16.8. The van der Waals surface area contributed by atoms with Crippen molar-refractivity contribution in [1.82, 2.24) is 15.1 Å². The second-order valence-electron chi connectivity index (χ2n) is 7.62. The Labute approximate surface area is 136 Å². The van der Waals surface area contributed by atoms with E-state index in [2.05, 4.69) is 24.1 Å². The maximum absolute atomic E-state index is 12.2. The van der Waals surface area contributed by atoms with Crippen LogP contribution in [0.1, 0.15) is 53.4 Å². The van der Waals surface area contributed by atoms with E-state index < -0.39 is 5.60 Å². The van der Waals surface area contributed by atoms with Crippen molar-refractivity contribution in [3.63, 3.8) is 0 Å². The van der Waals surface area contributed by atoms with Crippen LogP contribution < -0.4 is 5.32 Å². The van der Waals surface area contributed by atoms with Crippen molar-refractivity contribution >= 4 is 6.03 Å². The summed E-state index contributed by atoms with van der Waals surface area (Å²) in [6, 6.07) is 0.278. The van der Waals surface area contributed by atoms with Crippen LogP contribution in [0.15, 0.2) is 0 Å². The lowest BCUT2D eigenvalue weighted by molar-refractivity contribution is 0.0526. The predicted molar refractivity (Wildman–Crippen MR) is 91.0 cm³/mol. The summed E-state index contributed by atoms with van der Waals surface area (Å²) >= 11 is 0. The monoisotopic (exact) mass is 313 g/mol. The van der Waals surface area contributed by atoms with E-state index in [4.69, 9.17) is 0 Å². The van der Waals surface area contributed by atoms with Crippen molar-refractivity contribution in [3.05, 3.63) is 0 Å². The predicted octanol–water partition coefficient (Wildman–Crippen LogP) is 2.30. The Hall–Kier alpha value is -0.810. The summed E-state index contributed by atoms with van der Waals surface area (Å²) in [5, 5.41) is 12.8. The average Bonchev–Trinajstić information content (AvgIpc) is 2.65. The first-order valence-electron chi connectivity index (χ1n) is 8.66. The number of hydrogen-bond acceptors (Lipinski definition) is 3. The number of likely N-dealkylation sites (tertiary alicyclic amines) is 1. The second kappa shape index (κ2) is 8.73. The van der Waals surface area contributed by atoms with Crippen LogP contribution >= 0.6 is 0 Å². The number of nitrogens with one attached hydrogen (secondary N) is 1. The molecule has 1 saturated heterocycles. The topological polar surface area (TPSA) is 55.8 Å². The molecular weight excluding hydrogens is 278 g/mol. The van der Waals surface area contributed by atoms with E-state index in [9.17, 15) is 9.90 Å². The van der Waals surface area contributed by atoms with Gasteiger partial charge in [-0.25, -0.2) is 4.79 Å². The molecule has 0 aliphatic carbocycles. The van der Waals surface area contributed by atoms with E-state index in [0.29, 0.717) is 25.0 Å². The number of carbonyl (C=O) groups is 1. The number of carbonyl (C=O) groups excluding carboxylic acids is 1. The van der Waals surface area contributed by atoms with Crippen LogP contribution in [0.3, 0.4) is 0 Å². The van der Waals surface area contributed by atoms with Gasteiger partial charge in [-0.1, -0.05) is 26.7 Å². The highest BCUT2D eigenvalue weighted by Crippen LogP contribution is 2.17. The van der Waals surface area contributed by atoms with E-state index in [0.717, 1.165) is 13.1 Å². The molecule has 0 aromatic rings. The maximum atomic E-state index is 12.2. The second-order valence-corrected chi connectivity index (χ2v) is 7.62. The summed E-state index contributed by atoms with van der Waals surface area (Å²) < 4.78 is 0. The highest BCUT2D eigenvalue weighted by molar-refractivity contribution is 5.73. The van der Waals surface area contributed by atoms with Crippen LogP contribution in [0.5, 0.6) is 0 Å². The molecule has 0 saturated carbocycles. The zero-order valence-corrected chi connectivity index (χ0v) is 15.1. The minimum absolute atomic E-state index is 0.109. The molecule has 0 aromatic carbocycles. The summed E-state index contributed by atoms with van der Waals surface area (Å²) in [7, 11) is 1.73. The molecule has 1 fully saturated rings. The highest BCUT2D eigenvalue weighted by Gasteiger charge is 2.25. The van der Waals surface area contributed by atoms with Crippen LogP contribution in [-0.2, 0) is 0 Å². The molecule has 130 valence electrons. The fraction of sp³-hybridized carbons (Fsp3) is 0.941. The third-order valence-electron chi connectivity index (χ3n) is 4.31. The first-order chi connectivity index (χ1) is 10.2. The molecule has 22 heavy (non-hydrogen) atoms. The number of nitrogens with zero attached hydrogens (tertiary/aromatic N) is 2. The lowest BCUT2D eigenvalue weighted by Crippen LogP contribution is -2.51. The molecule has 0 spiro atoms. The first-order valence-corrected chi connectivity index (χ1v) is 8.66. The SMILES string of the molecule is CC(C)C(CNC(=O)N(C)CC(C)(C)O)N1CCCCCC1. The van der Waals surface area contributed by atoms with Crippen molar-refractivity contribution in [1.29, 1.82) is 0 Å². The number of hydrogen-bond donors (Lipinski definition) is 2. The van der Waals surface area contributed by atoms with E-state index in [1.54, 1.807) is 25.8 Å². The maximum Gasteiger partial charge on any atom is 0.317 e. The van der Waals surface area contributed by atoms with Gasteiger partial charge < -0.3 is 15.3 Å².